The van der Waals surface area contributed by atoms with Gasteiger partial charge < -0.3 is 20.1 Å². The smallest absolute Gasteiger partial charge is 0.274 e. The van der Waals surface area contributed by atoms with E-state index in [0.29, 0.717) is 22.9 Å². The highest BCUT2D eigenvalue weighted by atomic mass is 16.5. The van der Waals surface area contributed by atoms with Gasteiger partial charge in [-0.3, -0.25) is 4.79 Å². The molecule has 0 aliphatic carbocycles. The van der Waals surface area contributed by atoms with Crippen LogP contribution in [0.25, 0.3) is 0 Å². The Labute approximate surface area is 158 Å². The van der Waals surface area contributed by atoms with E-state index >= 15 is 0 Å². The highest BCUT2D eigenvalue weighted by molar-refractivity contribution is 6.03. The average Bonchev–Trinajstić information content (AvgIpc) is 2.70. The maximum Gasteiger partial charge on any atom is 0.274 e. The van der Waals surface area contributed by atoms with Crippen molar-refractivity contribution in [3.8, 4) is 11.5 Å². The number of rotatable bonds is 6. The fourth-order valence-electron chi connectivity index (χ4n) is 2.56. The SMILES string of the molecule is COc1ccc(NC(=O)c2ccc(Nc3ccccc3C)cn2)c(OC)c1. The number of benzene rings is 2. The molecule has 1 aromatic heterocycles. The molecule has 0 radical (unpaired) electrons. The molecule has 1 amide bonds. The molecule has 6 heteroatoms. The first-order valence-electron chi connectivity index (χ1n) is 8.43. The van der Waals surface area contributed by atoms with Crippen LogP contribution in [0, 0.1) is 6.92 Å². The third-order valence-electron chi connectivity index (χ3n) is 4.08. The van der Waals surface area contributed by atoms with Crippen molar-refractivity contribution in [2.24, 2.45) is 0 Å². The van der Waals surface area contributed by atoms with Gasteiger partial charge in [-0.1, -0.05) is 18.2 Å². The van der Waals surface area contributed by atoms with Crippen molar-refractivity contribution < 1.29 is 14.3 Å². The monoisotopic (exact) mass is 363 g/mol. The van der Waals surface area contributed by atoms with Crippen molar-refractivity contribution >= 4 is 23.0 Å². The van der Waals surface area contributed by atoms with Gasteiger partial charge in [-0.15, -0.1) is 0 Å². The number of carbonyl (C=O) groups is 1. The van der Waals surface area contributed by atoms with Crippen LogP contribution >= 0.6 is 0 Å². The summed E-state index contributed by atoms with van der Waals surface area (Å²) in [5.74, 6) is 0.844. The van der Waals surface area contributed by atoms with E-state index in [2.05, 4.69) is 15.6 Å². The molecular weight excluding hydrogens is 342 g/mol. The summed E-state index contributed by atoms with van der Waals surface area (Å²) in [6.07, 6.45) is 1.63. The van der Waals surface area contributed by atoms with Crippen LogP contribution in [-0.4, -0.2) is 25.1 Å². The van der Waals surface area contributed by atoms with Crippen LogP contribution in [0.1, 0.15) is 16.1 Å². The van der Waals surface area contributed by atoms with Crippen molar-refractivity contribution in [3.05, 3.63) is 72.1 Å². The predicted octanol–water partition coefficient (Wildman–Crippen LogP) is 4.40. The van der Waals surface area contributed by atoms with Gasteiger partial charge in [-0.25, -0.2) is 4.98 Å². The van der Waals surface area contributed by atoms with Crippen molar-refractivity contribution in [2.75, 3.05) is 24.9 Å². The number of nitrogens with one attached hydrogen (secondary N) is 2. The molecule has 0 unspecified atom stereocenters. The number of carbonyl (C=O) groups excluding carboxylic acids is 1. The van der Waals surface area contributed by atoms with Gasteiger partial charge in [0.1, 0.15) is 17.2 Å². The normalized spacial score (nSPS) is 10.2. The Kier molecular flexibility index (Phi) is 5.56. The van der Waals surface area contributed by atoms with Crippen LogP contribution in [0.3, 0.4) is 0 Å². The molecule has 0 spiro atoms. The van der Waals surface area contributed by atoms with Gasteiger partial charge in [0.25, 0.3) is 5.91 Å². The largest absolute Gasteiger partial charge is 0.497 e. The van der Waals surface area contributed by atoms with E-state index in [-0.39, 0.29) is 5.91 Å². The predicted molar refractivity (Wildman–Crippen MR) is 106 cm³/mol. The Balaban J connectivity index is 1.72. The highest BCUT2D eigenvalue weighted by Crippen LogP contribution is 2.29. The number of anilines is 3. The number of aromatic nitrogens is 1. The lowest BCUT2D eigenvalue weighted by Crippen LogP contribution is -2.14. The molecule has 6 nitrogen and oxygen atoms in total. The molecule has 0 fully saturated rings. The zero-order valence-corrected chi connectivity index (χ0v) is 15.4. The molecule has 27 heavy (non-hydrogen) atoms. The summed E-state index contributed by atoms with van der Waals surface area (Å²) in [7, 11) is 3.11. The molecule has 0 bridgehead atoms. The Morgan fingerprint density at radius 2 is 1.78 bits per heavy atom. The van der Waals surface area contributed by atoms with Gasteiger partial charge in [-0.05, 0) is 42.8 Å². The molecule has 2 aromatic carbocycles. The van der Waals surface area contributed by atoms with Crippen LogP contribution in [0.15, 0.2) is 60.8 Å². The number of ether oxygens (including phenoxy) is 2. The summed E-state index contributed by atoms with van der Waals surface area (Å²) in [4.78, 5) is 16.7. The zero-order valence-electron chi connectivity index (χ0n) is 15.4. The van der Waals surface area contributed by atoms with Crippen molar-refractivity contribution in [3.63, 3.8) is 0 Å². The molecule has 1 heterocycles. The second kappa shape index (κ2) is 8.23. The molecular formula is C21H21N3O3. The minimum Gasteiger partial charge on any atom is -0.497 e. The lowest BCUT2D eigenvalue weighted by atomic mass is 10.2. The quantitative estimate of drug-likeness (QED) is 0.679. The number of para-hydroxylation sites is 1. The van der Waals surface area contributed by atoms with E-state index < -0.39 is 0 Å². The van der Waals surface area contributed by atoms with E-state index in [9.17, 15) is 4.79 Å². The standard InChI is InChI=1S/C21H21N3O3/c1-14-6-4-5-7-17(14)23-15-8-10-19(22-13-15)21(25)24-18-11-9-16(26-2)12-20(18)27-3/h4-13,23H,1-3H3,(H,24,25). The van der Waals surface area contributed by atoms with E-state index in [4.69, 9.17) is 9.47 Å². The third-order valence-corrected chi connectivity index (χ3v) is 4.08. The van der Waals surface area contributed by atoms with Crippen molar-refractivity contribution in [2.45, 2.75) is 6.92 Å². The summed E-state index contributed by atoms with van der Waals surface area (Å²) in [5.41, 5.74) is 3.80. The van der Waals surface area contributed by atoms with E-state index in [0.717, 1.165) is 16.9 Å². The van der Waals surface area contributed by atoms with Gasteiger partial charge in [0.15, 0.2) is 0 Å². The van der Waals surface area contributed by atoms with Crippen molar-refractivity contribution in [1.29, 1.82) is 0 Å². The summed E-state index contributed by atoms with van der Waals surface area (Å²) in [5, 5.41) is 6.10. The minimum absolute atomic E-state index is 0.309. The fourth-order valence-corrected chi connectivity index (χ4v) is 2.56. The van der Waals surface area contributed by atoms with Crippen molar-refractivity contribution in [1.82, 2.24) is 4.98 Å². The minimum atomic E-state index is -0.319. The summed E-state index contributed by atoms with van der Waals surface area (Å²) in [6.45, 7) is 2.03. The van der Waals surface area contributed by atoms with Crippen LogP contribution in [0.5, 0.6) is 11.5 Å². The maximum absolute atomic E-state index is 12.5. The number of methoxy groups -OCH3 is 2. The zero-order chi connectivity index (χ0) is 19.2. The number of pyridine rings is 1. The summed E-state index contributed by atoms with van der Waals surface area (Å²) in [6, 6.07) is 16.6. The number of hydrogen-bond donors (Lipinski definition) is 2. The lowest BCUT2D eigenvalue weighted by Gasteiger charge is -2.12. The van der Waals surface area contributed by atoms with Gasteiger partial charge in [0.2, 0.25) is 0 Å². The van der Waals surface area contributed by atoms with Gasteiger partial charge in [-0.2, -0.15) is 0 Å². The molecule has 3 aromatic rings. The summed E-state index contributed by atoms with van der Waals surface area (Å²) >= 11 is 0. The van der Waals surface area contributed by atoms with Crippen LogP contribution in [-0.2, 0) is 0 Å². The molecule has 0 atom stereocenters. The Bertz CT molecular complexity index is 940. The highest BCUT2D eigenvalue weighted by Gasteiger charge is 2.12. The lowest BCUT2D eigenvalue weighted by molar-refractivity contribution is 0.102. The third kappa shape index (κ3) is 4.36. The van der Waals surface area contributed by atoms with E-state index in [1.165, 1.54) is 7.11 Å². The van der Waals surface area contributed by atoms with Crippen LogP contribution in [0.4, 0.5) is 17.1 Å². The number of amides is 1. The molecule has 0 aliphatic rings. The molecule has 3 rings (SSSR count). The molecule has 0 saturated carbocycles. The van der Waals surface area contributed by atoms with Gasteiger partial charge in [0.05, 0.1) is 31.8 Å². The molecule has 2 N–H and O–H groups in total. The second-order valence-electron chi connectivity index (χ2n) is 5.89. The van der Waals surface area contributed by atoms with Gasteiger partial charge >= 0.3 is 0 Å². The molecule has 0 aliphatic heterocycles. The Morgan fingerprint density at radius 3 is 2.44 bits per heavy atom. The molecule has 138 valence electrons. The van der Waals surface area contributed by atoms with E-state index in [1.807, 2.05) is 37.3 Å². The first-order chi connectivity index (χ1) is 13.1. The number of nitrogens with zero attached hydrogens (tertiary/aromatic N) is 1. The van der Waals surface area contributed by atoms with E-state index in [1.54, 1.807) is 37.6 Å². The number of hydrogen-bond acceptors (Lipinski definition) is 5. The molecule has 0 saturated heterocycles. The average molecular weight is 363 g/mol. The second-order valence-corrected chi connectivity index (χ2v) is 5.89. The van der Waals surface area contributed by atoms with Crippen LogP contribution in [0.2, 0.25) is 0 Å². The maximum atomic E-state index is 12.5. The Morgan fingerprint density at radius 1 is 0.963 bits per heavy atom. The number of aryl methyl sites for hydroxylation is 1. The van der Waals surface area contributed by atoms with Gasteiger partial charge in [0, 0.05) is 11.8 Å². The Hall–Kier alpha value is -3.54. The first-order valence-corrected chi connectivity index (χ1v) is 8.43. The first kappa shape index (κ1) is 18.3. The fraction of sp³-hybridized carbons (Fsp3) is 0.143. The van der Waals surface area contributed by atoms with Crippen LogP contribution < -0.4 is 20.1 Å². The summed E-state index contributed by atoms with van der Waals surface area (Å²) < 4.78 is 10.5. The topological polar surface area (TPSA) is 72.5 Å².